The van der Waals surface area contributed by atoms with Crippen LogP contribution in [0.25, 0.3) is 0 Å². The van der Waals surface area contributed by atoms with Crippen molar-refractivity contribution < 1.29 is 46.6 Å². The fraction of sp³-hybridized carbons (Fsp3) is 1.00. The largest absolute Gasteiger partial charge is 0.400 e. The Hall–Kier alpha value is 0.723. The molecule has 0 bridgehead atoms. The normalized spacial score (nSPS) is 3.60. The van der Waals surface area contributed by atoms with E-state index in [1.165, 1.54) is 0 Å². The Kier molecular flexibility index (Phi) is 771. The zero-order chi connectivity index (χ0) is 8.71. The Bertz CT molecular complexity index is 13.6. The average molecular weight is 233 g/mol. The second-order valence-corrected chi connectivity index (χ2v) is 0.316. The Morgan fingerprint density at radius 2 is 0.800 bits per heavy atom. The van der Waals surface area contributed by atoms with Gasteiger partial charge in [-0.05, 0) is 6.92 Å². The maximum atomic E-state index is 7.57. The summed E-state index contributed by atoms with van der Waals surface area (Å²) < 4.78 is 0. The molecule has 0 heterocycles. The molecule has 0 radical (unpaired) electrons. The summed E-state index contributed by atoms with van der Waals surface area (Å²) in [4.78, 5) is 0. The topological polar surface area (TPSA) is 80.9 Å². The summed E-state index contributed by atoms with van der Waals surface area (Å²) in [6, 6.07) is 0. The first-order valence-corrected chi connectivity index (χ1v) is 2.36. The van der Waals surface area contributed by atoms with Crippen molar-refractivity contribution in [2.75, 3.05) is 27.9 Å². The van der Waals surface area contributed by atoms with E-state index < -0.39 is 0 Å². The molecule has 0 aliphatic heterocycles. The quantitative estimate of drug-likeness (QED) is 0.425. The molecule has 0 saturated carbocycles. The summed E-state index contributed by atoms with van der Waals surface area (Å²) in [6.07, 6.45) is 0. The molecule has 0 unspecified atom stereocenters. The predicted octanol–water partition coefficient (Wildman–Crippen LogP) is -1.18. The summed E-state index contributed by atoms with van der Waals surface area (Å²) in [5.41, 5.74) is 0. The molecule has 0 spiro atoms. The molecule has 0 aliphatic rings. The molecule has 4 N–H and O–H groups in total. The van der Waals surface area contributed by atoms with Crippen LogP contribution >= 0.6 is 0 Å². The van der Waals surface area contributed by atoms with Crippen molar-refractivity contribution in [1.82, 2.24) is 0 Å². The first-order valence-electron chi connectivity index (χ1n) is 2.36. The molecular formula is C5H18O4Zr. The van der Waals surface area contributed by atoms with Gasteiger partial charge in [0.25, 0.3) is 0 Å². The first kappa shape index (κ1) is 31.0. The molecule has 0 aromatic carbocycles. The Labute approximate surface area is 81.6 Å². The van der Waals surface area contributed by atoms with Gasteiger partial charge in [-0.1, -0.05) is 0 Å². The Morgan fingerprint density at radius 3 is 0.800 bits per heavy atom. The Balaban J connectivity index is -0.0000000110. The number of aliphatic hydroxyl groups is 4. The molecule has 4 nitrogen and oxygen atoms in total. The van der Waals surface area contributed by atoms with Crippen LogP contribution < -0.4 is 0 Å². The summed E-state index contributed by atoms with van der Waals surface area (Å²) in [6.45, 7) is 1.93. The van der Waals surface area contributed by atoms with Crippen LogP contribution in [0.2, 0.25) is 0 Å². The van der Waals surface area contributed by atoms with Crippen molar-refractivity contribution in [3.8, 4) is 0 Å². The van der Waals surface area contributed by atoms with E-state index in [4.69, 9.17) is 20.4 Å². The predicted molar refractivity (Wildman–Crippen MR) is 37.2 cm³/mol. The smallest absolute Gasteiger partial charge is 0.0402 e. The number of hydrogen-bond acceptors (Lipinski definition) is 4. The molecule has 0 rings (SSSR count). The maximum absolute atomic E-state index is 7.57. The van der Waals surface area contributed by atoms with Crippen molar-refractivity contribution in [1.29, 1.82) is 0 Å². The molecule has 0 fully saturated rings. The van der Waals surface area contributed by atoms with Crippen LogP contribution in [0, 0.1) is 0 Å². The van der Waals surface area contributed by atoms with Crippen molar-refractivity contribution in [3.05, 3.63) is 0 Å². The first-order chi connectivity index (χ1) is 4.41. The molecule has 0 atom stereocenters. The number of rotatable bonds is 0. The minimum absolute atomic E-state index is 0. The van der Waals surface area contributed by atoms with Gasteiger partial charge in [0.15, 0.2) is 0 Å². The number of aliphatic hydroxyl groups excluding tert-OH is 4. The SMILES string of the molecule is CCO.CO.CO.CO.[Zr]. The molecule has 0 aromatic rings. The van der Waals surface area contributed by atoms with Crippen molar-refractivity contribution in [2.24, 2.45) is 0 Å². The summed E-state index contributed by atoms with van der Waals surface area (Å²) in [5.74, 6) is 0. The van der Waals surface area contributed by atoms with E-state index in [-0.39, 0.29) is 32.8 Å². The van der Waals surface area contributed by atoms with Gasteiger partial charge in [-0.3, -0.25) is 0 Å². The third-order valence-electron chi connectivity index (χ3n) is 0. The monoisotopic (exact) mass is 232 g/mol. The minimum Gasteiger partial charge on any atom is -0.400 e. The van der Waals surface area contributed by atoms with Gasteiger partial charge >= 0.3 is 0 Å². The Morgan fingerprint density at radius 1 is 0.800 bits per heavy atom. The zero-order valence-electron chi connectivity index (χ0n) is 7.00. The van der Waals surface area contributed by atoms with Crippen LogP contribution in [-0.2, 0) is 26.2 Å². The van der Waals surface area contributed by atoms with Gasteiger partial charge < -0.3 is 20.4 Å². The van der Waals surface area contributed by atoms with Crippen LogP contribution in [0.1, 0.15) is 6.92 Å². The van der Waals surface area contributed by atoms with Crippen LogP contribution in [0.5, 0.6) is 0 Å². The van der Waals surface area contributed by atoms with Gasteiger partial charge in [-0.25, -0.2) is 0 Å². The summed E-state index contributed by atoms with van der Waals surface area (Å²) >= 11 is 0. The van der Waals surface area contributed by atoms with Gasteiger partial charge in [0.1, 0.15) is 0 Å². The summed E-state index contributed by atoms with van der Waals surface area (Å²) in [7, 11) is 3.00. The molecular weight excluding hydrogens is 215 g/mol. The third kappa shape index (κ3) is 995. The summed E-state index contributed by atoms with van der Waals surface area (Å²) in [5, 5.41) is 28.6. The van der Waals surface area contributed by atoms with E-state index in [9.17, 15) is 0 Å². The van der Waals surface area contributed by atoms with E-state index in [1.807, 2.05) is 0 Å². The molecule has 66 valence electrons. The average Bonchev–Trinajstić information content (AvgIpc) is 2.01. The second-order valence-electron chi connectivity index (χ2n) is 0.316. The van der Waals surface area contributed by atoms with E-state index in [2.05, 4.69) is 0 Å². The maximum Gasteiger partial charge on any atom is 0.0402 e. The minimum atomic E-state index is 0. The fourth-order valence-electron chi connectivity index (χ4n) is 0. The molecule has 5 heteroatoms. The second kappa shape index (κ2) is 249. The third-order valence-corrected chi connectivity index (χ3v) is 0. The van der Waals surface area contributed by atoms with Crippen molar-refractivity contribution >= 4 is 0 Å². The van der Waals surface area contributed by atoms with E-state index in [0.29, 0.717) is 0 Å². The van der Waals surface area contributed by atoms with Gasteiger partial charge in [-0.2, -0.15) is 0 Å². The van der Waals surface area contributed by atoms with Crippen molar-refractivity contribution in [3.63, 3.8) is 0 Å². The molecule has 0 aromatic heterocycles. The van der Waals surface area contributed by atoms with Crippen molar-refractivity contribution in [2.45, 2.75) is 6.92 Å². The van der Waals surface area contributed by atoms with Crippen LogP contribution in [-0.4, -0.2) is 48.4 Å². The van der Waals surface area contributed by atoms with E-state index in [1.54, 1.807) is 6.92 Å². The van der Waals surface area contributed by atoms with Crippen LogP contribution in [0.15, 0.2) is 0 Å². The van der Waals surface area contributed by atoms with Crippen LogP contribution in [0.4, 0.5) is 0 Å². The van der Waals surface area contributed by atoms with E-state index in [0.717, 1.165) is 21.3 Å². The zero-order valence-corrected chi connectivity index (χ0v) is 9.45. The van der Waals surface area contributed by atoms with E-state index >= 15 is 0 Å². The van der Waals surface area contributed by atoms with Gasteiger partial charge in [0.2, 0.25) is 0 Å². The number of hydrogen-bond donors (Lipinski definition) is 4. The van der Waals surface area contributed by atoms with Gasteiger partial charge in [0.05, 0.1) is 0 Å². The molecule has 0 aliphatic carbocycles. The fourth-order valence-corrected chi connectivity index (χ4v) is 0. The van der Waals surface area contributed by atoms with Gasteiger partial charge in [0, 0.05) is 54.1 Å². The molecule has 0 amide bonds. The van der Waals surface area contributed by atoms with Crippen LogP contribution in [0.3, 0.4) is 0 Å². The molecule has 0 saturated heterocycles. The standard InChI is InChI=1S/C2H6O.3CH4O.Zr/c1-2-3;3*1-2;/h3H,2H2,1H3;3*2H,1H3;. The molecule has 10 heavy (non-hydrogen) atoms. The van der Waals surface area contributed by atoms with Gasteiger partial charge in [-0.15, -0.1) is 0 Å².